The first kappa shape index (κ1) is 14.8. The van der Waals surface area contributed by atoms with E-state index < -0.39 is 15.7 Å². The van der Waals surface area contributed by atoms with Gasteiger partial charge in [0.15, 0.2) is 0 Å². The Labute approximate surface area is 118 Å². The van der Waals surface area contributed by atoms with E-state index in [-0.39, 0.29) is 18.6 Å². The number of rotatable bonds is 4. The second-order valence-electron chi connectivity index (χ2n) is 4.97. The van der Waals surface area contributed by atoms with Gasteiger partial charge in [0.25, 0.3) is 10.1 Å². The van der Waals surface area contributed by atoms with Crippen LogP contribution in [0.25, 0.3) is 0 Å². The molecule has 0 amide bonds. The van der Waals surface area contributed by atoms with Crippen LogP contribution in [-0.4, -0.2) is 27.4 Å². The van der Waals surface area contributed by atoms with Crippen LogP contribution >= 0.6 is 11.6 Å². The van der Waals surface area contributed by atoms with Crippen LogP contribution in [0.1, 0.15) is 19.4 Å². The SMILES string of the molecule is C[C@H]1O[C@@](COS(C)(=O)=O)(c2ccc(Cl)cc2)[C@H]1C. The van der Waals surface area contributed by atoms with Gasteiger partial charge < -0.3 is 4.74 Å². The molecule has 0 saturated carbocycles. The second kappa shape index (κ2) is 5.05. The lowest BCUT2D eigenvalue weighted by Gasteiger charge is -2.52. The van der Waals surface area contributed by atoms with E-state index in [9.17, 15) is 8.42 Å². The summed E-state index contributed by atoms with van der Waals surface area (Å²) in [4.78, 5) is 0. The monoisotopic (exact) mass is 304 g/mol. The standard InChI is InChI=1S/C13H17ClO4S/c1-9-10(2)18-13(9,8-17-19(3,15)16)11-4-6-12(14)7-5-11/h4-7,9-10H,8H2,1-3H3/t9-,10+,13+/m0/s1. The predicted octanol–water partition coefficient (Wildman–Crippen LogP) is 2.57. The first-order chi connectivity index (χ1) is 8.74. The van der Waals surface area contributed by atoms with Crippen molar-refractivity contribution < 1.29 is 17.3 Å². The number of halogens is 1. The van der Waals surface area contributed by atoms with Gasteiger partial charge in [-0.3, -0.25) is 4.18 Å². The smallest absolute Gasteiger partial charge is 0.264 e. The van der Waals surface area contributed by atoms with E-state index in [1.807, 2.05) is 26.0 Å². The van der Waals surface area contributed by atoms with Gasteiger partial charge in [-0.05, 0) is 24.6 Å². The fourth-order valence-corrected chi connectivity index (χ4v) is 2.87. The lowest BCUT2D eigenvalue weighted by molar-refractivity contribution is -0.267. The van der Waals surface area contributed by atoms with Gasteiger partial charge in [-0.2, -0.15) is 8.42 Å². The molecule has 0 spiro atoms. The van der Waals surface area contributed by atoms with Gasteiger partial charge in [-0.15, -0.1) is 0 Å². The van der Waals surface area contributed by atoms with Crippen molar-refractivity contribution in [1.82, 2.24) is 0 Å². The molecule has 0 aliphatic carbocycles. The number of hydrogen-bond acceptors (Lipinski definition) is 4. The van der Waals surface area contributed by atoms with Crippen LogP contribution in [0.4, 0.5) is 0 Å². The summed E-state index contributed by atoms with van der Waals surface area (Å²) in [6, 6.07) is 7.21. The van der Waals surface area contributed by atoms with Crippen molar-refractivity contribution >= 4 is 21.7 Å². The molecular formula is C13H17ClO4S. The molecule has 1 aliphatic heterocycles. The lowest BCUT2D eigenvalue weighted by Crippen LogP contribution is -2.58. The zero-order chi connectivity index (χ0) is 14.3. The van der Waals surface area contributed by atoms with Crippen LogP contribution in [-0.2, 0) is 24.6 Å². The Kier molecular flexibility index (Phi) is 3.93. The maximum absolute atomic E-state index is 11.2. The summed E-state index contributed by atoms with van der Waals surface area (Å²) in [6.07, 6.45) is 1.11. The summed E-state index contributed by atoms with van der Waals surface area (Å²) in [5, 5.41) is 0.628. The van der Waals surface area contributed by atoms with Gasteiger partial charge in [-0.1, -0.05) is 30.7 Å². The summed E-state index contributed by atoms with van der Waals surface area (Å²) in [6.45, 7) is 3.96. The average Bonchev–Trinajstić information content (AvgIpc) is 2.34. The summed E-state index contributed by atoms with van der Waals surface area (Å²) in [7, 11) is -3.50. The van der Waals surface area contributed by atoms with E-state index in [1.165, 1.54) is 0 Å². The van der Waals surface area contributed by atoms with E-state index in [2.05, 4.69) is 0 Å². The topological polar surface area (TPSA) is 52.6 Å². The molecule has 4 nitrogen and oxygen atoms in total. The molecule has 0 N–H and O–H groups in total. The fourth-order valence-electron chi connectivity index (χ4n) is 2.35. The van der Waals surface area contributed by atoms with Crippen molar-refractivity contribution in [3.63, 3.8) is 0 Å². The van der Waals surface area contributed by atoms with Gasteiger partial charge >= 0.3 is 0 Å². The number of hydrogen-bond donors (Lipinski definition) is 0. The molecular weight excluding hydrogens is 288 g/mol. The molecule has 19 heavy (non-hydrogen) atoms. The van der Waals surface area contributed by atoms with Gasteiger partial charge in [0.2, 0.25) is 0 Å². The molecule has 1 aromatic rings. The van der Waals surface area contributed by atoms with Crippen molar-refractivity contribution in [2.45, 2.75) is 25.6 Å². The molecule has 0 bridgehead atoms. The molecule has 3 atom stereocenters. The second-order valence-corrected chi connectivity index (χ2v) is 7.05. The van der Waals surface area contributed by atoms with Crippen LogP contribution < -0.4 is 0 Å². The number of ether oxygens (including phenoxy) is 1. The lowest BCUT2D eigenvalue weighted by atomic mass is 9.74. The number of benzene rings is 1. The quantitative estimate of drug-likeness (QED) is 0.802. The van der Waals surface area contributed by atoms with Crippen LogP contribution in [0.5, 0.6) is 0 Å². The van der Waals surface area contributed by atoms with Gasteiger partial charge in [0, 0.05) is 10.9 Å². The normalized spacial score (nSPS) is 30.9. The van der Waals surface area contributed by atoms with Gasteiger partial charge in [-0.25, -0.2) is 0 Å². The zero-order valence-electron chi connectivity index (χ0n) is 11.1. The third-order valence-electron chi connectivity index (χ3n) is 3.66. The highest BCUT2D eigenvalue weighted by Gasteiger charge is 2.52. The Hall–Kier alpha value is -0.620. The Balaban J connectivity index is 2.28. The predicted molar refractivity (Wildman–Crippen MR) is 73.6 cm³/mol. The highest BCUT2D eigenvalue weighted by Crippen LogP contribution is 2.47. The summed E-state index contributed by atoms with van der Waals surface area (Å²) >= 11 is 5.87. The molecule has 1 aromatic carbocycles. The molecule has 6 heteroatoms. The van der Waals surface area contributed by atoms with E-state index in [1.54, 1.807) is 12.1 Å². The van der Waals surface area contributed by atoms with Gasteiger partial charge in [0.05, 0.1) is 19.0 Å². The summed E-state index contributed by atoms with van der Waals surface area (Å²) in [5.74, 6) is 0.162. The Bertz CT molecular complexity index is 555. The van der Waals surface area contributed by atoms with Crippen LogP contribution in [0.15, 0.2) is 24.3 Å². The minimum absolute atomic E-state index is 0.0149. The van der Waals surface area contributed by atoms with Crippen molar-refractivity contribution in [3.05, 3.63) is 34.9 Å². The first-order valence-corrected chi connectivity index (χ1v) is 8.22. The molecule has 0 unspecified atom stereocenters. The minimum atomic E-state index is -3.50. The first-order valence-electron chi connectivity index (χ1n) is 6.03. The average molecular weight is 305 g/mol. The zero-order valence-corrected chi connectivity index (χ0v) is 12.7. The fraction of sp³-hybridized carbons (Fsp3) is 0.538. The summed E-state index contributed by atoms with van der Waals surface area (Å²) in [5.41, 5.74) is 0.166. The van der Waals surface area contributed by atoms with Crippen LogP contribution in [0.2, 0.25) is 5.02 Å². The van der Waals surface area contributed by atoms with E-state index in [0.29, 0.717) is 5.02 Å². The maximum Gasteiger partial charge on any atom is 0.264 e. The summed E-state index contributed by atoms with van der Waals surface area (Å²) < 4.78 is 33.2. The molecule has 2 rings (SSSR count). The Morgan fingerprint density at radius 1 is 1.32 bits per heavy atom. The van der Waals surface area contributed by atoms with Crippen molar-refractivity contribution in [3.8, 4) is 0 Å². The van der Waals surface area contributed by atoms with Gasteiger partial charge in [0.1, 0.15) is 5.60 Å². The van der Waals surface area contributed by atoms with Crippen LogP contribution in [0.3, 0.4) is 0 Å². The van der Waals surface area contributed by atoms with E-state index in [4.69, 9.17) is 20.5 Å². The largest absolute Gasteiger partial charge is 0.364 e. The van der Waals surface area contributed by atoms with E-state index in [0.717, 1.165) is 11.8 Å². The third-order valence-corrected chi connectivity index (χ3v) is 4.45. The molecule has 1 heterocycles. The molecule has 1 fully saturated rings. The molecule has 1 aliphatic rings. The van der Waals surface area contributed by atoms with Crippen LogP contribution in [0, 0.1) is 5.92 Å². The highest BCUT2D eigenvalue weighted by molar-refractivity contribution is 7.85. The maximum atomic E-state index is 11.2. The molecule has 1 saturated heterocycles. The van der Waals surface area contributed by atoms with Crippen molar-refractivity contribution in [1.29, 1.82) is 0 Å². The molecule has 0 aromatic heterocycles. The minimum Gasteiger partial charge on any atom is -0.364 e. The van der Waals surface area contributed by atoms with Crippen molar-refractivity contribution in [2.75, 3.05) is 12.9 Å². The molecule has 106 valence electrons. The van der Waals surface area contributed by atoms with Crippen molar-refractivity contribution in [2.24, 2.45) is 5.92 Å². The Morgan fingerprint density at radius 2 is 1.89 bits per heavy atom. The van der Waals surface area contributed by atoms with E-state index >= 15 is 0 Å². The molecule has 0 radical (unpaired) electrons. The third kappa shape index (κ3) is 2.94. The Morgan fingerprint density at radius 3 is 2.32 bits per heavy atom. The highest BCUT2D eigenvalue weighted by atomic mass is 35.5.